The van der Waals surface area contributed by atoms with Gasteiger partial charge >= 0.3 is 0 Å². The molecule has 1 amide bonds. The molecule has 0 heterocycles. The van der Waals surface area contributed by atoms with Crippen molar-refractivity contribution in [1.82, 2.24) is 5.32 Å². The lowest BCUT2D eigenvalue weighted by Gasteiger charge is -2.16. The van der Waals surface area contributed by atoms with Crippen molar-refractivity contribution in [2.45, 2.75) is 18.8 Å². The van der Waals surface area contributed by atoms with Gasteiger partial charge in [0.2, 0.25) is 0 Å². The van der Waals surface area contributed by atoms with E-state index in [-0.39, 0.29) is 5.91 Å². The van der Waals surface area contributed by atoms with E-state index in [1.807, 2.05) is 36.4 Å². The summed E-state index contributed by atoms with van der Waals surface area (Å²) >= 11 is 3.41. The molecule has 0 saturated heterocycles. The monoisotopic (exact) mass is 429 g/mol. The first-order valence-electron chi connectivity index (χ1n) is 8.97. The Morgan fingerprint density at radius 3 is 2.56 bits per heavy atom. The molecule has 6 N–H and O–H groups in total. The number of carbonyl (C=O) groups excluding carboxylic acids is 1. The number of nitrogens with zero attached hydrogens (tertiary/aromatic N) is 1. The van der Waals surface area contributed by atoms with Crippen molar-refractivity contribution in [3.05, 3.63) is 52.0 Å². The topological polar surface area (TPSA) is 106 Å². The van der Waals surface area contributed by atoms with Gasteiger partial charge in [-0.2, -0.15) is 0 Å². The first kappa shape index (κ1) is 19.4. The Labute approximate surface area is 167 Å². The number of amides is 1. The minimum Gasteiger partial charge on any atom is -0.398 e. The summed E-state index contributed by atoms with van der Waals surface area (Å²) in [5, 5.41) is 6.01. The quantitative estimate of drug-likeness (QED) is 0.400. The van der Waals surface area contributed by atoms with Gasteiger partial charge in [-0.15, -0.1) is 0 Å². The zero-order valence-corrected chi connectivity index (χ0v) is 16.8. The first-order chi connectivity index (χ1) is 13.0. The Morgan fingerprint density at radius 2 is 1.96 bits per heavy atom. The van der Waals surface area contributed by atoms with Gasteiger partial charge in [0.1, 0.15) is 5.71 Å². The van der Waals surface area contributed by atoms with Crippen LogP contribution in [0.3, 0.4) is 0 Å². The van der Waals surface area contributed by atoms with Gasteiger partial charge in [0.05, 0.1) is 5.69 Å². The zero-order valence-electron chi connectivity index (χ0n) is 15.3. The fourth-order valence-electron chi connectivity index (χ4n) is 2.93. The number of nitrogen functional groups attached to an aromatic ring is 1. The number of rotatable bonds is 7. The van der Waals surface area contributed by atoms with Crippen molar-refractivity contribution in [2.24, 2.45) is 10.7 Å². The van der Waals surface area contributed by atoms with Crippen LogP contribution in [-0.2, 0) is 4.79 Å². The molecule has 0 bridgehead atoms. The van der Waals surface area contributed by atoms with Crippen molar-refractivity contribution < 1.29 is 4.79 Å². The second-order valence-electron chi connectivity index (χ2n) is 6.53. The second-order valence-corrected chi connectivity index (χ2v) is 7.45. The highest BCUT2D eigenvalue weighted by molar-refractivity contribution is 9.10. The van der Waals surface area contributed by atoms with Crippen LogP contribution < -0.4 is 22.1 Å². The van der Waals surface area contributed by atoms with E-state index in [0.717, 1.165) is 23.0 Å². The molecule has 0 spiro atoms. The number of likely N-dealkylation sites (N-methyl/N-ethyl adjacent to an activating group) is 1. The van der Waals surface area contributed by atoms with Gasteiger partial charge < -0.3 is 22.1 Å². The summed E-state index contributed by atoms with van der Waals surface area (Å²) in [5.74, 6) is 0.220. The Morgan fingerprint density at radius 1 is 1.26 bits per heavy atom. The van der Waals surface area contributed by atoms with Gasteiger partial charge in [0.15, 0.2) is 0 Å². The molecule has 1 fully saturated rings. The molecule has 0 unspecified atom stereocenters. The Kier molecular flexibility index (Phi) is 6.13. The van der Waals surface area contributed by atoms with Crippen molar-refractivity contribution in [3.63, 3.8) is 0 Å². The van der Waals surface area contributed by atoms with Crippen LogP contribution in [-0.4, -0.2) is 31.8 Å². The Balaban J connectivity index is 2.07. The maximum atomic E-state index is 12.6. The van der Waals surface area contributed by atoms with Crippen molar-refractivity contribution in [3.8, 4) is 0 Å². The number of carbonyl (C=O) groups is 1. The predicted octanol–water partition coefficient (Wildman–Crippen LogP) is 3.15. The van der Waals surface area contributed by atoms with Crippen molar-refractivity contribution in [2.75, 3.05) is 31.2 Å². The summed E-state index contributed by atoms with van der Waals surface area (Å²) in [5.41, 5.74) is 16.3. The number of nitrogens with two attached hydrogens (primary N) is 2. The number of halogens is 1. The van der Waals surface area contributed by atoms with E-state index >= 15 is 0 Å². The maximum absolute atomic E-state index is 12.6. The van der Waals surface area contributed by atoms with E-state index in [9.17, 15) is 4.79 Å². The molecular formula is C20H24BrN5O. The van der Waals surface area contributed by atoms with E-state index in [1.54, 1.807) is 7.05 Å². The van der Waals surface area contributed by atoms with Crippen LogP contribution in [0.5, 0.6) is 0 Å². The molecule has 2 aromatic rings. The van der Waals surface area contributed by atoms with Gasteiger partial charge in [-0.3, -0.25) is 4.79 Å². The molecule has 0 radical (unpaired) electrons. The summed E-state index contributed by atoms with van der Waals surface area (Å²) in [7, 11) is 1.59. The van der Waals surface area contributed by atoms with E-state index < -0.39 is 0 Å². The molecule has 7 heteroatoms. The summed E-state index contributed by atoms with van der Waals surface area (Å²) in [6.45, 7) is 1.22. The van der Waals surface area contributed by atoms with E-state index in [4.69, 9.17) is 11.5 Å². The molecule has 6 nitrogen and oxygen atoms in total. The van der Waals surface area contributed by atoms with Crippen LogP contribution in [0.1, 0.15) is 29.9 Å². The zero-order chi connectivity index (χ0) is 19.4. The van der Waals surface area contributed by atoms with Gasteiger partial charge in [0, 0.05) is 41.5 Å². The predicted molar refractivity (Wildman–Crippen MR) is 115 cm³/mol. The molecule has 1 saturated carbocycles. The molecule has 142 valence electrons. The van der Waals surface area contributed by atoms with E-state index in [2.05, 4.69) is 31.6 Å². The Hall–Kier alpha value is -2.38. The lowest BCUT2D eigenvalue weighted by Crippen LogP contribution is -2.29. The molecule has 2 aromatic carbocycles. The standard InChI is InChI=1S/C20H24BrN5O/c1-24-20(27)19(26-14-6-4-13(21)5-7-14)16-10-15(12-2-3-12)18(11-17(16)23)25-9-8-22/h4-7,10-12,25H,2-3,8-9,22-23H2,1H3,(H,24,27). The fraction of sp³-hybridized carbons (Fsp3) is 0.300. The number of hydrogen-bond donors (Lipinski definition) is 4. The molecule has 0 atom stereocenters. The van der Waals surface area contributed by atoms with Gasteiger partial charge in [0.25, 0.3) is 5.91 Å². The van der Waals surface area contributed by atoms with Crippen LogP contribution in [0.25, 0.3) is 0 Å². The summed E-state index contributed by atoms with van der Waals surface area (Å²) in [4.78, 5) is 17.1. The van der Waals surface area contributed by atoms with Gasteiger partial charge in [-0.25, -0.2) is 4.99 Å². The van der Waals surface area contributed by atoms with Crippen LogP contribution in [0, 0.1) is 0 Å². The lowest BCUT2D eigenvalue weighted by atomic mass is 9.99. The molecular weight excluding hydrogens is 406 g/mol. The highest BCUT2D eigenvalue weighted by Gasteiger charge is 2.28. The third-order valence-corrected chi connectivity index (χ3v) is 4.99. The third-order valence-electron chi connectivity index (χ3n) is 4.46. The van der Waals surface area contributed by atoms with Crippen LogP contribution >= 0.6 is 15.9 Å². The summed E-state index contributed by atoms with van der Waals surface area (Å²) in [6.07, 6.45) is 2.28. The number of aliphatic imine (C=N–C) groups is 1. The van der Waals surface area contributed by atoms with Gasteiger partial charge in [-0.1, -0.05) is 15.9 Å². The minimum absolute atomic E-state index is 0.269. The largest absolute Gasteiger partial charge is 0.398 e. The van der Waals surface area contributed by atoms with Crippen molar-refractivity contribution >= 4 is 44.6 Å². The lowest BCUT2D eigenvalue weighted by molar-refractivity contribution is -0.114. The SMILES string of the molecule is CNC(=O)C(=Nc1ccc(Br)cc1)c1cc(C2CC2)c(NCCN)cc1N. The summed E-state index contributed by atoms with van der Waals surface area (Å²) < 4.78 is 0.953. The number of nitrogens with one attached hydrogen (secondary N) is 2. The highest BCUT2D eigenvalue weighted by Crippen LogP contribution is 2.45. The molecule has 0 aliphatic heterocycles. The first-order valence-corrected chi connectivity index (χ1v) is 9.77. The smallest absolute Gasteiger partial charge is 0.270 e. The fourth-order valence-corrected chi connectivity index (χ4v) is 3.19. The van der Waals surface area contributed by atoms with Gasteiger partial charge in [-0.05, 0) is 60.7 Å². The van der Waals surface area contributed by atoms with Crippen LogP contribution in [0.15, 0.2) is 45.9 Å². The summed E-state index contributed by atoms with van der Waals surface area (Å²) in [6, 6.07) is 11.4. The number of anilines is 2. The number of benzene rings is 2. The van der Waals surface area contributed by atoms with E-state index in [1.165, 1.54) is 5.56 Å². The number of hydrogen-bond acceptors (Lipinski definition) is 5. The maximum Gasteiger partial charge on any atom is 0.270 e. The Bertz CT molecular complexity index is 859. The molecule has 27 heavy (non-hydrogen) atoms. The van der Waals surface area contributed by atoms with E-state index in [0.29, 0.717) is 41.7 Å². The second kappa shape index (κ2) is 8.54. The van der Waals surface area contributed by atoms with Crippen LogP contribution in [0.2, 0.25) is 0 Å². The molecule has 1 aliphatic rings. The minimum atomic E-state index is -0.269. The molecule has 3 rings (SSSR count). The third kappa shape index (κ3) is 4.67. The highest BCUT2D eigenvalue weighted by atomic mass is 79.9. The van der Waals surface area contributed by atoms with Crippen molar-refractivity contribution in [1.29, 1.82) is 0 Å². The molecule has 0 aromatic heterocycles. The average molecular weight is 430 g/mol. The van der Waals surface area contributed by atoms with Crippen LogP contribution in [0.4, 0.5) is 17.1 Å². The average Bonchev–Trinajstić information content (AvgIpc) is 3.51. The molecule has 1 aliphatic carbocycles. The normalized spacial score (nSPS) is 14.1.